The van der Waals surface area contributed by atoms with Gasteiger partial charge in [0.15, 0.2) is 0 Å². The van der Waals surface area contributed by atoms with Gasteiger partial charge in [0.25, 0.3) is 11.5 Å². The Morgan fingerprint density at radius 2 is 1.55 bits per heavy atom. The molecular formula is C32H30ClN3O2. The van der Waals surface area contributed by atoms with Crippen LogP contribution in [0.15, 0.2) is 89.7 Å². The van der Waals surface area contributed by atoms with Crippen LogP contribution >= 0.6 is 11.6 Å². The minimum absolute atomic E-state index is 0.0974. The molecule has 0 spiro atoms. The predicted octanol–water partition coefficient (Wildman–Crippen LogP) is 7.36. The lowest BCUT2D eigenvalue weighted by atomic mass is 10.0. The van der Waals surface area contributed by atoms with Crippen molar-refractivity contribution in [2.24, 2.45) is 5.92 Å². The Balaban J connectivity index is 1.74. The molecule has 1 unspecified atom stereocenters. The molecule has 0 bridgehead atoms. The molecule has 0 aliphatic rings. The van der Waals surface area contributed by atoms with E-state index in [2.05, 4.69) is 13.8 Å². The summed E-state index contributed by atoms with van der Waals surface area (Å²) in [5.41, 5.74) is 2.47. The number of amides is 1. The largest absolute Gasteiger partial charge is 0.328 e. The number of rotatable bonds is 6. The molecule has 4 aromatic carbocycles. The third-order valence-corrected chi connectivity index (χ3v) is 7.38. The van der Waals surface area contributed by atoms with Crippen molar-refractivity contribution in [2.75, 3.05) is 6.54 Å². The summed E-state index contributed by atoms with van der Waals surface area (Å²) in [6, 6.07) is 26.0. The van der Waals surface area contributed by atoms with Crippen LogP contribution in [0, 0.1) is 12.8 Å². The monoisotopic (exact) mass is 523 g/mol. The first-order valence-corrected chi connectivity index (χ1v) is 13.2. The maximum atomic E-state index is 14.2. The van der Waals surface area contributed by atoms with Gasteiger partial charge in [-0.25, -0.2) is 4.98 Å². The van der Waals surface area contributed by atoms with Crippen LogP contribution in [0.5, 0.6) is 0 Å². The number of halogens is 1. The van der Waals surface area contributed by atoms with E-state index in [9.17, 15) is 9.59 Å². The van der Waals surface area contributed by atoms with E-state index >= 15 is 0 Å². The summed E-state index contributed by atoms with van der Waals surface area (Å²) >= 11 is 6.48. The van der Waals surface area contributed by atoms with Gasteiger partial charge in [-0.2, -0.15) is 0 Å². The van der Waals surface area contributed by atoms with Crippen LogP contribution in [0.1, 0.15) is 48.6 Å². The van der Waals surface area contributed by atoms with Crippen LogP contribution in [0.2, 0.25) is 5.02 Å². The van der Waals surface area contributed by atoms with Crippen molar-refractivity contribution in [2.45, 2.75) is 33.7 Å². The minimum atomic E-state index is -0.500. The number of carbonyl (C=O) groups excluding carboxylic acids is 1. The molecular weight excluding hydrogens is 494 g/mol. The molecule has 1 atom stereocenters. The quantitative estimate of drug-likeness (QED) is 0.233. The molecule has 0 aliphatic heterocycles. The van der Waals surface area contributed by atoms with E-state index < -0.39 is 6.04 Å². The van der Waals surface area contributed by atoms with Gasteiger partial charge in [0.2, 0.25) is 0 Å². The first-order chi connectivity index (χ1) is 18.3. The fourth-order valence-electron chi connectivity index (χ4n) is 5.02. The van der Waals surface area contributed by atoms with Gasteiger partial charge in [-0.3, -0.25) is 14.2 Å². The topological polar surface area (TPSA) is 55.2 Å². The summed E-state index contributed by atoms with van der Waals surface area (Å²) in [6.45, 7) is 8.50. The highest BCUT2D eigenvalue weighted by molar-refractivity contribution is 6.31. The number of carbonyl (C=O) groups is 1. The zero-order chi connectivity index (χ0) is 27.0. The molecule has 6 heteroatoms. The van der Waals surface area contributed by atoms with Crippen LogP contribution in [-0.4, -0.2) is 26.9 Å². The second-order valence-corrected chi connectivity index (χ2v) is 10.5. The molecule has 1 amide bonds. The number of aromatic nitrogens is 2. The molecule has 5 aromatic rings. The highest BCUT2D eigenvalue weighted by atomic mass is 35.5. The van der Waals surface area contributed by atoms with Crippen LogP contribution in [0.3, 0.4) is 0 Å². The van der Waals surface area contributed by atoms with E-state index in [4.69, 9.17) is 16.6 Å². The van der Waals surface area contributed by atoms with E-state index in [1.54, 1.807) is 16.7 Å². The maximum absolute atomic E-state index is 14.2. The van der Waals surface area contributed by atoms with Crippen molar-refractivity contribution < 1.29 is 4.79 Å². The van der Waals surface area contributed by atoms with Gasteiger partial charge in [0.1, 0.15) is 5.82 Å². The lowest BCUT2D eigenvalue weighted by molar-refractivity contribution is 0.0657. The smallest absolute Gasteiger partial charge is 0.266 e. The average molecular weight is 524 g/mol. The summed E-state index contributed by atoms with van der Waals surface area (Å²) < 4.78 is 1.62. The second kappa shape index (κ2) is 10.4. The molecule has 1 heterocycles. The molecule has 0 N–H and O–H groups in total. The zero-order valence-corrected chi connectivity index (χ0v) is 22.7. The lowest BCUT2D eigenvalue weighted by Crippen LogP contribution is -2.39. The SMILES string of the molecule is Cc1c(Cl)cccc1-n1c(C(C)N(CC(C)C)C(=O)c2cccc3ccccc23)nc2ccccc2c1=O. The van der Waals surface area contributed by atoms with Crippen LogP contribution in [0.4, 0.5) is 0 Å². The van der Waals surface area contributed by atoms with E-state index in [0.717, 1.165) is 16.3 Å². The Labute approximate surface area is 227 Å². The summed E-state index contributed by atoms with van der Waals surface area (Å²) in [5.74, 6) is 0.595. The molecule has 0 radical (unpaired) electrons. The Kier molecular flexibility index (Phi) is 7.04. The van der Waals surface area contributed by atoms with Crippen molar-refractivity contribution in [3.63, 3.8) is 0 Å². The third-order valence-electron chi connectivity index (χ3n) is 6.97. The molecule has 0 fully saturated rings. The molecule has 38 heavy (non-hydrogen) atoms. The van der Waals surface area contributed by atoms with E-state index in [1.165, 1.54) is 0 Å². The predicted molar refractivity (Wildman–Crippen MR) is 155 cm³/mol. The number of fused-ring (bicyclic) bond motifs is 2. The first-order valence-electron chi connectivity index (χ1n) is 12.8. The van der Waals surface area contributed by atoms with E-state index in [0.29, 0.717) is 39.5 Å². The summed E-state index contributed by atoms with van der Waals surface area (Å²) in [4.78, 5) is 35.0. The fraction of sp³-hybridized carbons (Fsp3) is 0.219. The molecule has 192 valence electrons. The summed E-state index contributed by atoms with van der Waals surface area (Å²) in [6.07, 6.45) is 0. The second-order valence-electron chi connectivity index (χ2n) is 10.1. The third kappa shape index (κ3) is 4.59. The van der Waals surface area contributed by atoms with Crippen LogP contribution < -0.4 is 5.56 Å². The Bertz CT molecular complexity index is 1720. The van der Waals surface area contributed by atoms with Crippen molar-refractivity contribution in [3.8, 4) is 5.69 Å². The summed E-state index contributed by atoms with van der Waals surface area (Å²) in [5, 5.41) is 2.98. The molecule has 0 saturated carbocycles. The van der Waals surface area contributed by atoms with Crippen molar-refractivity contribution in [3.05, 3.63) is 117 Å². The van der Waals surface area contributed by atoms with Gasteiger partial charge in [0, 0.05) is 17.1 Å². The molecule has 0 aliphatic carbocycles. The number of benzene rings is 4. The zero-order valence-electron chi connectivity index (χ0n) is 22.0. The Morgan fingerprint density at radius 1 is 0.895 bits per heavy atom. The molecule has 5 nitrogen and oxygen atoms in total. The molecule has 1 aromatic heterocycles. The Morgan fingerprint density at radius 3 is 2.32 bits per heavy atom. The highest BCUT2D eigenvalue weighted by Gasteiger charge is 2.29. The lowest BCUT2D eigenvalue weighted by Gasteiger charge is -2.32. The van der Waals surface area contributed by atoms with Gasteiger partial charge in [-0.1, -0.05) is 80.0 Å². The van der Waals surface area contributed by atoms with Crippen LogP contribution in [-0.2, 0) is 0 Å². The van der Waals surface area contributed by atoms with E-state index in [1.807, 2.05) is 91.5 Å². The van der Waals surface area contributed by atoms with E-state index in [-0.39, 0.29) is 17.4 Å². The standard InChI is InChI=1S/C32H30ClN3O2/c1-20(2)19-35(31(37)25-15-9-12-23-11-5-6-13-24(23)25)22(4)30-34-28-17-8-7-14-26(28)32(38)36(30)29-18-10-16-27(33)21(29)3/h5-18,20,22H,19H2,1-4H3. The van der Waals surface area contributed by atoms with Gasteiger partial charge in [-0.05, 0) is 66.4 Å². The normalized spacial score (nSPS) is 12.3. The van der Waals surface area contributed by atoms with Gasteiger partial charge >= 0.3 is 0 Å². The average Bonchev–Trinajstić information content (AvgIpc) is 2.92. The van der Waals surface area contributed by atoms with Gasteiger partial charge in [0.05, 0.1) is 22.6 Å². The maximum Gasteiger partial charge on any atom is 0.266 e. The molecule has 5 rings (SSSR count). The minimum Gasteiger partial charge on any atom is -0.328 e. The first kappa shape index (κ1) is 25.7. The highest BCUT2D eigenvalue weighted by Crippen LogP contribution is 2.30. The van der Waals surface area contributed by atoms with Gasteiger partial charge < -0.3 is 4.90 Å². The number of hydrogen-bond donors (Lipinski definition) is 0. The molecule has 0 saturated heterocycles. The Hall–Kier alpha value is -3.96. The number of para-hydroxylation sites is 1. The van der Waals surface area contributed by atoms with Crippen LogP contribution in [0.25, 0.3) is 27.4 Å². The fourth-order valence-corrected chi connectivity index (χ4v) is 5.19. The van der Waals surface area contributed by atoms with Crippen molar-refractivity contribution >= 4 is 39.2 Å². The van der Waals surface area contributed by atoms with Crippen molar-refractivity contribution in [1.29, 1.82) is 0 Å². The van der Waals surface area contributed by atoms with Gasteiger partial charge in [-0.15, -0.1) is 0 Å². The van der Waals surface area contributed by atoms with Crippen molar-refractivity contribution in [1.82, 2.24) is 14.5 Å². The number of hydrogen-bond acceptors (Lipinski definition) is 3. The summed E-state index contributed by atoms with van der Waals surface area (Å²) in [7, 11) is 0. The number of nitrogens with zero attached hydrogens (tertiary/aromatic N) is 3.